The zero-order valence-electron chi connectivity index (χ0n) is 12.1. The second-order valence-corrected chi connectivity index (χ2v) is 4.14. The molecular weight excluding hydrogens is 250 g/mol. The Morgan fingerprint density at radius 1 is 1.05 bits per heavy atom. The van der Waals surface area contributed by atoms with E-state index in [4.69, 9.17) is 14.2 Å². The van der Waals surface area contributed by atoms with Crippen LogP contribution in [0.4, 0.5) is 4.79 Å². The Labute approximate surface area is 114 Å². The average Bonchev–Trinajstić information content (AvgIpc) is 2.38. The lowest BCUT2D eigenvalue weighted by atomic mass is 10.2. The highest BCUT2D eigenvalue weighted by atomic mass is 16.6. The maximum atomic E-state index is 11.8. The van der Waals surface area contributed by atoms with E-state index in [1.807, 2.05) is 13.8 Å². The summed E-state index contributed by atoms with van der Waals surface area (Å²) in [4.78, 5) is 23.2. The molecule has 0 aliphatic heterocycles. The molecule has 0 rings (SSSR count). The van der Waals surface area contributed by atoms with E-state index >= 15 is 0 Å². The van der Waals surface area contributed by atoms with Gasteiger partial charge in [0.05, 0.1) is 13.2 Å². The lowest BCUT2D eigenvalue weighted by Crippen LogP contribution is -2.42. The van der Waals surface area contributed by atoms with Gasteiger partial charge in [-0.1, -0.05) is 26.7 Å². The molecule has 0 aromatic heterocycles. The minimum absolute atomic E-state index is 0.159. The van der Waals surface area contributed by atoms with Gasteiger partial charge in [-0.05, 0) is 12.8 Å². The summed E-state index contributed by atoms with van der Waals surface area (Å²) in [5.74, 6) is -0.404. The minimum atomic E-state index is -0.642. The van der Waals surface area contributed by atoms with Crippen molar-refractivity contribution in [1.82, 2.24) is 5.32 Å². The molecule has 0 aliphatic rings. The predicted octanol–water partition coefficient (Wildman–Crippen LogP) is 1.87. The monoisotopic (exact) mass is 275 g/mol. The van der Waals surface area contributed by atoms with Crippen LogP contribution in [0.15, 0.2) is 0 Å². The SMILES string of the molecule is CCCCOC(=O)C(CCC)NC(=O)OCCOC. The van der Waals surface area contributed by atoms with Crippen LogP contribution < -0.4 is 5.32 Å². The molecule has 0 aromatic rings. The van der Waals surface area contributed by atoms with E-state index in [9.17, 15) is 9.59 Å². The molecule has 6 heteroatoms. The molecule has 0 aliphatic carbocycles. The van der Waals surface area contributed by atoms with Gasteiger partial charge in [-0.3, -0.25) is 0 Å². The van der Waals surface area contributed by atoms with E-state index < -0.39 is 18.1 Å². The fraction of sp³-hybridized carbons (Fsp3) is 0.846. The van der Waals surface area contributed by atoms with E-state index in [0.717, 1.165) is 19.3 Å². The smallest absolute Gasteiger partial charge is 0.407 e. The summed E-state index contributed by atoms with van der Waals surface area (Å²) < 4.78 is 14.7. The normalized spacial score (nSPS) is 11.7. The molecule has 0 aromatic carbocycles. The fourth-order valence-corrected chi connectivity index (χ4v) is 1.36. The van der Waals surface area contributed by atoms with Crippen LogP contribution in [-0.4, -0.2) is 45.0 Å². The average molecular weight is 275 g/mol. The second-order valence-electron chi connectivity index (χ2n) is 4.14. The lowest BCUT2D eigenvalue weighted by Gasteiger charge is -2.16. The number of carbonyl (C=O) groups excluding carboxylic acids is 2. The molecule has 1 N–H and O–H groups in total. The summed E-state index contributed by atoms with van der Waals surface area (Å²) in [5.41, 5.74) is 0. The van der Waals surface area contributed by atoms with Crippen LogP contribution >= 0.6 is 0 Å². The molecule has 1 amide bonds. The number of esters is 1. The van der Waals surface area contributed by atoms with Crippen molar-refractivity contribution in [3.05, 3.63) is 0 Å². The van der Waals surface area contributed by atoms with E-state index in [2.05, 4.69) is 5.32 Å². The van der Waals surface area contributed by atoms with Crippen molar-refractivity contribution in [1.29, 1.82) is 0 Å². The summed E-state index contributed by atoms with van der Waals surface area (Å²) in [7, 11) is 1.52. The number of ether oxygens (including phenoxy) is 3. The lowest BCUT2D eigenvalue weighted by molar-refractivity contribution is -0.146. The van der Waals surface area contributed by atoms with Gasteiger partial charge in [0.15, 0.2) is 0 Å². The topological polar surface area (TPSA) is 73.9 Å². The largest absolute Gasteiger partial charge is 0.464 e. The molecule has 0 bridgehead atoms. The molecule has 0 saturated heterocycles. The van der Waals surface area contributed by atoms with Gasteiger partial charge < -0.3 is 19.5 Å². The van der Waals surface area contributed by atoms with Crippen molar-refractivity contribution in [2.24, 2.45) is 0 Å². The molecular formula is C13H25NO5. The number of alkyl carbamates (subject to hydrolysis) is 1. The van der Waals surface area contributed by atoms with Crippen LogP contribution in [0.5, 0.6) is 0 Å². The molecule has 112 valence electrons. The van der Waals surface area contributed by atoms with Gasteiger partial charge in [0.1, 0.15) is 12.6 Å². The number of hydrogen-bond acceptors (Lipinski definition) is 5. The first-order valence-electron chi connectivity index (χ1n) is 6.74. The van der Waals surface area contributed by atoms with Crippen molar-refractivity contribution in [2.75, 3.05) is 26.9 Å². The fourth-order valence-electron chi connectivity index (χ4n) is 1.36. The molecule has 6 nitrogen and oxygen atoms in total. The van der Waals surface area contributed by atoms with Crippen molar-refractivity contribution in [3.63, 3.8) is 0 Å². The number of nitrogens with one attached hydrogen (secondary N) is 1. The molecule has 1 unspecified atom stereocenters. The van der Waals surface area contributed by atoms with E-state index in [1.165, 1.54) is 7.11 Å². The zero-order chi connectivity index (χ0) is 14.5. The van der Waals surface area contributed by atoms with Gasteiger partial charge in [-0.25, -0.2) is 9.59 Å². The van der Waals surface area contributed by atoms with E-state index in [-0.39, 0.29) is 6.61 Å². The van der Waals surface area contributed by atoms with Gasteiger partial charge >= 0.3 is 12.1 Å². The summed E-state index contributed by atoms with van der Waals surface area (Å²) in [6.07, 6.45) is 2.46. The van der Waals surface area contributed by atoms with Gasteiger partial charge in [0.25, 0.3) is 0 Å². The maximum absolute atomic E-state index is 11.8. The van der Waals surface area contributed by atoms with Gasteiger partial charge in [-0.2, -0.15) is 0 Å². The number of unbranched alkanes of at least 4 members (excludes halogenated alkanes) is 1. The van der Waals surface area contributed by atoms with Crippen molar-refractivity contribution < 1.29 is 23.8 Å². The zero-order valence-corrected chi connectivity index (χ0v) is 12.1. The first kappa shape index (κ1) is 17.7. The summed E-state index contributed by atoms with van der Waals surface area (Å²) in [6.45, 7) is 4.82. The molecule has 19 heavy (non-hydrogen) atoms. The van der Waals surface area contributed by atoms with E-state index in [0.29, 0.717) is 19.6 Å². The molecule has 0 spiro atoms. The Kier molecular flexibility index (Phi) is 11.0. The summed E-state index contributed by atoms with van der Waals surface area (Å²) in [5, 5.41) is 2.51. The molecule has 0 fully saturated rings. The Morgan fingerprint density at radius 3 is 2.37 bits per heavy atom. The van der Waals surface area contributed by atoms with Crippen molar-refractivity contribution in [3.8, 4) is 0 Å². The number of methoxy groups -OCH3 is 1. The van der Waals surface area contributed by atoms with Gasteiger partial charge in [-0.15, -0.1) is 0 Å². The van der Waals surface area contributed by atoms with Gasteiger partial charge in [0, 0.05) is 7.11 Å². The maximum Gasteiger partial charge on any atom is 0.407 e. The van der Waals surface area contributed by atoms with Crippen LogP contribution in [0, 0.1) is 0 Å². The first-order chi connectivity index (χ1) is 9.15. The highest BCUT2D eigenvalue weighted by Gasteiger charge is 2.21. The Morgan fingerprint density at radius 2 is 1.79 bits per heavy atom. The van der Waals surface area contributed by atoms with Crippen LogP contribution in [0.3, 0.4) is 0 Å². The number of amides is 1. The predicted molar refractivity (Wildman–Crippen MR) is 70.9 cm³/mol. The first-order valence-corrected chi connectivity index (χ1v) is 6.74. The van der Waals surface area contributed by atoms with Crippen LogP contribution in [0.25, 0.3) is 0 Å². The minimum Gasteiger partial charge on any atom is -0.464 e. The van der Waals surface area contributed by atoms with Crippen molar-refractivity contribution >= 4 is 12.1 Å². The van der Waals surface area contributed by atoms with Crippen LogP contribution in [-0.2, 0) is 19.0 Å². The van der Waals surface area contributed by atoms with Crippen LogP contribution in [0.2, 0.25) is 0 Å². The Bertz CT molecular complexity index is 257. The third-order valence-corrected chi connectivity index (χ3v) is 2.42. The number of hydrogen-bond donors (Lipinski definition) is 1. The van der Waals surface area contributed by atoms with E-state index in [1.54, 1.807) is 0 Å². The Hall–Kier alpha value is -1.30. The second kappa shape index (κ2) is 11.8. The third kappa shape index (κ3) is 9.30. The van der Waals surface area contributed by atoms with Crippen LogP contribution in [0.1, 0.15) is 39.5 Å². The molecule has 1 atom stereocenters. The third-order valence-electron chi connectivity index (χ3n) is 2.42. The summed E-state index contributed by atoms with van der Waals surface area (Å²) in [6, 6.07) is -0.642. The Balaban J connectivity index is 4.08. The molecule has 0 radical (unpaired) electrons. The summed E-state index contributed by atoms with van der Waals surface area (Å²) >= 11 is 0. The molecule has 0 saturated carbocycles. The number of carbonyl (C=O) groups is 2. The highest BCUT2D eigenvalue weighted by molar-refractivity contribution is 5.81. The standard InChI is InChI=1S/C13H25NO5/c1-4-6-8-18-12(15)11(7-5-2)14-13(16)19-10-9-17-3/h11H,4-10H2,1-3H3,(H,14,16). The van der Waals surface area contributed by atoms with Crippen molar-refractivity contribution in [2.45, 2.75) is 45.6 Å². The molecule has 0 heterocycles. The highest BCUT2D eigenvalue weighted by Crippen LogP contribution is 2.01. The van der Waals surface area contributed by atoms with Gasteiger partial charge in [0.2, 0.25) is 0 Å². The number of rotatable bonds is 10. The quantitative estimate of drug-likeness (QED) is 0.486.